The smallest absolute Gasteiger partial charge is 0.330 e. The minimum Gasteiger partial charge on any atom is -0.463 e. The molecule has 0 saturated carbocycles. The SMILES string of the molecule is CC(=O)/C=C/C=C(C)/C=C/C1=C(C)CCCC1(C)C.CC1=C(/C=C/C(C)=C/C=O)C(C)(C)CCC1.CC1=C(/C=C/C(C)=C/CO)C(C)(C)CCC1.CC1=C(/C=C/C=O)C(C)(C)CCC1.CCOC(=O)/C=C(C)/C=C/C1=C(C)CCCC1(C)C. The first-order chi connectivity index (χ1) is 38.7. The van der Waals surface area contributed by atoms with Crippen molar-refractivity contribution in [3.63, 3.8) is 0 Å². The Bertz CT molecular complexity index is 2660. The van der Waals surface area contributed by atoms with Crippen molar-refractivity contribution in [1.82, 2.24) is 0 Å². The fraction of sp³-hybridized carbons (Fsp3) is 0.558. The van der Waals surface area contributed by atoms with Crippen molar-refractivity contribution in [2.75, 3.05) is 13.2 Å². The van der Waals surface area contributed by atoms with E-state index in [1.54, 1.807) is 31.2 Å². The number of ether oxygens (including phenoxy) is 1. The molecule has 1 N–H and O–H groups in total. The molecule has 5 aliphatic carbocycles. The molecule has 0 radical (unpaired) electrons. The number of ketones is 1. The fourth-order valence-electron chi connectivity index (χ4n) is 12.2. The van der Waals surface area contributed by atoms with Crippen LogP contribution in [0.2, 0.25) is 0 Å². The average Bonchev–Trinajstić information content (AvgIpc) is 3.52. The quantitative estimate of drug-likeness (QED) is 0.0716. The Morgan fingerprint density at radius 2 is 0.747 bits per heavy atom. The van der Waals surface area contributed by atoms with E-state index < -0.39 is 0 Å². The highest BCUT2D eigenvalue weighted by Gasteiger charge is 2.30. The Labute approximate surface area is 508 Å². The minimum absolute atomic E-state index is 0.0833. The molecular weight excluding hydrogens is 1020 g/mol. The van der Waals surface area contributed by atoms with Crippen molar-refractivity contribution in [3.8, 4) is 0 Å². The van der Waals surface area contributed by atoms with Crippen LogP contribution in [0.5, 0.6) is 0 Å². The van der Waals surface area contributed by atoms with Gasteiger partial charge in [-0.15, -0.1) is 0 Å². The first-order valence-corrected chi connectivity index (χ1v) is 31.2. The number of aliphatic hydroxyl groups excluding tert-OH is 1. The van der Waals surface area contributed by atoms with E-state index in [9.17, 15) is 19.2 Å². The summed E-state index contributed by atoms with van der Waals surface area (Å²) < 4.78 is 4.91. The van der Waals surface area contributed by atoms with Crippen molar-refractivity contribution < 1.29 is 29.0 Å². The molecule has 0 amide bonds. The zero-order valence-electron chi connectivity index (χ0n) is 56.4. The van der Waals surface area contributed by atoms with Gasteiger partial charge in [-0.05, 0) is 257 Å². The number of carbonyl (C=O) groups is 4. The summed E-state index contributed by atoms with van der Waals surface area (Å²) in [5.41, 5.74) is 20.2. The van der Waals surface area contributed by atoms with Crippen molar-refractivity contribution in [2.45, 2.75) is 242 Å². The first-order valence-electron chi connectivity index (χ1n) is 31.2. The van der Waals surface area contributed by atoms with Crippen LogP contribution in [0.25, 0.3) is 0 Å². The second-order valence-corrected chi connectivity index (χ2v) is 27.2. The fourth-order valence-corrected chi connectivity index (χ4v) is 12.2. The Morgan fingerprint density at radius 3 is 1.04 bits per heavy atom. The molecule has 5 rings (SSSR count). The van der Waals surface area contributed by atoms with E-state index >= 15 is 0 Å². The van der Waals surface area contributed by atoms with Crippen LogP contribution in [0.15, 0.2) is 175 Å². The Hall–Kier alpha value is -5.46. The number of hydrogen-bond acceptors (Lipinski definition) is 6. The third kappa shape index (κ3) is 28.3. The molecule has 0 saturated heterocycles. The molecule has 6 nitrogen and oxygen atoms in total. The lowest BCUT2D eigenvalue weighted by atomic mass is 9.72. The summed E-state index contributed by atoms with van der Waals surface area (Å²) in [6, 6.07) is 0. The number of aliphatic hydroxyl groups is 1. The number of rotatable bonds is 16. The molecule has 0 aromatic heterocycles. The lowest BCUT2D eigenvalue weighted by molar-refractivity contribution is -0.137. The Balaban J connectivity index is 0.000000522. The normalized spacial score (nSPS) is 21.2. The average molecular weight is 1140 g/mol. The van der Waals surface area contributed by atoms with Gasteiger partial charge in [0, 0.05) is 6.08 Å². The minimum atomic E-state index is -0.266. The third-order valence-corrected chi connectivity index (χ3v) is 17.2. The summed E-state index contributed by atoms with van der Waals surface area (Å²) in [6.45, 7) is 46.0. The number of carbonyl (C=O) groups excluding carboxylic acids is 4. The predicted octanol–water partition coefficient (Wildman–Crippen LogP) is 21.2. The molecular formula is C77H116O6. The van der Waals surface area contributed by atoms with Gasteiger partial charge in [0.2, 0.25) is 0 Å². The predicted molar refractivity (Wildman–Crippen MR) is 358 cm³/mol. The highest BCUT2D eigenvalue weighted by molar-refractivity contribution is 5.87. The molecule has 460 valence electrons. The molecule has 5 aliphatic rings. The topological polar surface area (TPSA) is 97.7 Å². The van der Waals surface area contributed by atoms with Crippen LogP contribution in [-0.4, -0.2) is 42.6 Å². The van der Waals surface area contributed by atoms with Crippen LogP contribution < -0.4 is 0 Å². The molecule has 0 unspecified atom stereocenters. The monoisotopic (exact) mass is 1140 g/mol. The van der Waals surface area contributed by atoms with Gasteiger partial charge in [-0.1, -0.05) is 181 Å². The molecule has 0 aromatic carbocycles. The summed E-state index contributed by atoms with van der Waals surface area (Å²) in [5.74, 6) is -0.182. The number of allylic oxidation sites excluding steroid dienone is 28. The molecule has 0 spiro atoms. The van der Waals surface area contributed by atoms with Crippen LogP contribution >= 0.6 is 0 Å². The van der Waals surface area contributed by atoms with E-state index in [2.05, 4.69) is 147 Å². The van der Waals surface area contributed by atoms with Crippen LogP contribution in [-0.2, 0) is 23.9 Å². The molecule has 83 heavy (non-hydrogen) atoms. The molecule has 0 heterocycles. The summed E-state index contributed by atoms with van der Waals surface area (Å²) in [6.07, 6.45) is 51.5. The van der Waals surface area contributed by atoms with Crippen LogP contribution in [0.1, 0.15) is 242 Å². The summed E-state index contributed by atoms with van der Waals surface area (Å²) >= 11 is 0. The zero-order valence-corrected chi connectivity index (χ0v) is 56.4. The highest BCUT2D eigenvalue weighted by Crippen LogP contribution is 2.44. The second-order valence-electron chi connectivity index (χ2n) is 27.2. The van der Waals surface area contributed by atoms with Gasteiger partial charge in [-0.25, -0.2) is 4.79 Å². The van der Waals surface area contributed by atoms with E-state index in [0.29, 0.717) is 12.0 Å². The van der Waals surface area contributed by atoms with E-state index in [0.717, 1.165) is 29.3 Å². The van der Waals surface area contributed by atoms with Crippen molar-refractivity contribution in [2.24, 2.45) is 27.1 Å². The largest absolute Gasteiger partial charge is 0.463 e. The maximum atomic E-state index is 11.4. The van der Waals surface area contributed by atoms with Gasteiger partial charge in [-0.2, -0.15) is 0 Å². The van der Waals surface area contributed by atoms with Crippen LogP contribution in [0.4, 0.5) is 0 Å². The first kappa shape index (κ1) is 75.6. The van der Waals surface area contributed by atoms with Gasteiger partial charge in [0.25, 0.3) is 0 Å². The number of esters is 1. The van der Waals surface area contributed by atoms with Crippen molar-refractivity contribution >= 4 is 24.3 Å². The molecule has 0 aliphatic heterocycles. The Morgan fingerprint density at radius 1 is 0.434 bits per heavy atom. The van der Waals surface area contributed by atoms with E-state index in [1.165, 1.54) is 158 Å². The lowest BCUT2D eigenvalue weighted by Gasteiger charge is -2.33. The summed E-state index contributed by atoms with van der Waals surface area (Å²) in [5, 5.41) is 8.81. The van der Waals surface area contributed by atoms with E-state index in [4.69, 9.17) is 9.84 Å². The standard InChI is InChI=1S/C18H26O.C17H26O2.C15H24O.C15H22O.C12H18O/c1-14(8-6-10-16(3)19)11-12-17-15(2)9-7-13-18(17,4)5;1-6-19-16(18)12-13(2)9-10-15-14(3)8-7-11-17(15,4)5;2*1-12(9-11-16)7-8-14-13(2)6-5-10-15(14,3)4;1-10-6-4-8-12(2,3)11(10)7-5-9-13/h6,8,10-12H,7,9,13H2,1-5H3;9-10,12H,6-8,11H2,1-5H3;7-9,16H,5-6,10-11H2,1-4H3;7-9,11H,5-6,10H2,1-4H3;5,7,9H,4,6,8H2,1-3H3/b10-6+,12-11+,14-8+;10-9+,13-12+;2*8-7+,12-9+;7-5+. The molecule has 6 heteroatoms. The molecule has 0 fully saturated rings. The van der Waals surface area contributed by atoms with Gasteiger partial charge in [0.05, 0.1) is 13.2 Å². The van der Waals surface area contributed by atoms with Gasteiger partial charge in [0.15, 0.2) is 5.78 Å². The summed E-state index contributed by atoms with van der Waals surface area (Å²) in [4.78, 5) is 42.8. The molecule has 0 aromatic rings. The highest BCUT2D eigenvalue weighted by atomic mass is 16.5. The Kier molecular flexibility index (Phi) is 33.7. The molecule has 0 atom stereocenters. The van der Waals surface area contributed by atoms with Crippen LogP contribution in [0.3, 0.4) is 0 Å². The number of hydrogen-bond donors (Lipinski definition) is 1. The second kappa shape index (κ2) is 37.1. The van der Waals surface area contributed by atoms with E-state index in [1.807, 2.05) is 64.2 Å². The maximum absolute atomic E-state index is 11.4. The summed E-state index contributed by atoms with van der Waals surface area (Å²) in [7, 11) is 0. The zero-order chi connectivity index (χ0) is 63.2. The lowest BCUT2D eigenvalue weighted by Crippen LogP contribution is -2.19. The van der Waals surface area contributed by atoms with Gasteiger partial charge < -0.3 is 9.84 Å². The third-order valence-electron chi connectivity index (χ3n) is 17.2. The molecule has 0 bridgehead atoms. The van der Waals surface area contributed by atoms with Gasteiger partial charge in [-0.3, -0.25) is 14.4 Å². The van der Waals surface area contributed by atoms with E-state index in [-0.39, 0.29) is 40.0 Å². The van der Waals surface area contributed by atoms with Gasteiger partial charge in [0.1, 0.15) is 12.6 Å². The maximum Gasteiger partial charge on any atom is 0.330 e. The van der Waals surface area contributed by atoms with Gasteiger partial charge >= 0.3 is 5.97 Å². The van der Waals surface area contributed by atoms with Crippen molar-refractivity contribution in [1.29, 1.82) is 0 Å². The van der Waals surface area contributed by atoms with Crippen LogP contribution in [0, 0.1) is 27.1 Å². The number of aldehydes is 2. The van der Waals surface area contributed by atoms with Crippen molar-refractivity contribution in [3.05, 3.63) is 175 Å².